The van der Waals surface area contributed by atoms with E-state index < -0.39 is 10.8 Å². The third-order valence-electron chi connectivity index (χ3n) is 0.340. The van der Waals surface area contributed by atoms with Crippen LogP contribution < -0.4 is 0 Å². The average Bonchev–Trinajstić information content (AvgIpc) is 1.36. The molecule has 0 radical (unpaired) electrons. The Morgan fingerprint density at radius 2 is 2.17 bits per heavy atom. The van der Waals surface area contributed by atoms with Crippen molar-refractivity contribution in [1.82, 2.24) is 0 Å². The SMILES string of the molecule is C[C@@H](Br)[13C](=O)O. The Hall–Kier alpha value is -0.0500. The van der Waals surface area contributed by atoms with Gasteiger partial charge in [0.25, 0.3) is 0 Å². The summed E-state index contributed by atoms with van der Waals surface area (Å²) in [5, 5.41) is 7.94. The minimum atomic E-state index is -0.824. The fourth-order valence-electron chi connectivity index (χ4n) is 0. The topological polar surface area (TPSA) is 37.3 Å². The Bertz CT molecular complexity index is 59.8. The Labute approximate surface area is 44.3 Å². The van der Waals surface area contributed by atoms with Crippen molar-refractivity contribution in [3.05, 3.63) is 0 Å². The van der Waals surface area contributed by atoms with E-state index in [-0.39, 0.29) is 0 Å². The number of rotatable bonds is 1. The molecular weight excluding hydrogens is 149 g/mol. The lowest BCUT2D eigenvalue weighted by Gasteiger charge is -1.87. The Kier molecular flexibility index (Phi) is 2.16. The number of carboxylic acid groups (broad SMARTS) is 1. The molecule has 0 aromatic carbocycles. The van der Waals surface area contributed by atoms with Crippen molar-refractivity contribution in [2.75, 3.05) is 0 Å². The third-order valence-corrected chi connectivity index (χ3v) is 0.732. The molecule has 0 heterocycles. The van der Waals surface area contributed by atoms with Crippen LogP contribution in [0.2, 0.25) is 0 Å². The maximum absolute atomic E-state index is 9.65. The molecule has 0 aliphatic carbocycles. The molecule has 0 saturated heterocycles. The highest BCUT2D eigenvalue weighted by Gasteiger charge is 2.01. The van der Waals surface area contributed by atoms with E-state index >= 15 is 0 Å². The van der Waals surface area contributed by atoms with Crippen molar-refractivity contribution in [3.63, 3.8) is 0 Å². The second-order valence-electron chi connectivity index (χ2n) is 0.954. The summed E-state index contributed by atoms with van der Waals surface area (Å²) in [7, 11) is 0. The maximum Gasteiger partial charge on any atom is 0.316 e. The molecular formula is C3H5BrO2. The first-order valence-electron chi connectivity index (χ1n) is 1.51. The number of aliphatic carboxylic acids is 1. The molecule has 3 heteroatoms. The van der Waals surface area contributed by atoms with Gasteiger partial charge in [0.2, 0.25) is 0 Å². The maximum atomic E-state index is 9.65. The van der Waals surface area contributed by atoms with Gasteiger partial charge in [-0.2, -0.15) is 0 Å². The van der Waals surface area contributed by atoms with Crippen molar-refractivity contribution in [2.24, 2.45) is 0 Å². The minimum Gasteiger partial charge on any atom is -0.480 e. The van der Waals surface area contributed by atoms with Crippen LogP contribution in [0.3, 0.4) is 0 Å². The van der Waals surface area contributed by atoms with Crippen LogP contribution in [0, 0.1) is 0 Å². The van der Waals surface area contributed by atoms with Gasteiger partial charge in [0.05, 0.1) is 0 Å². The summed E-state index contributed by atoms with van der Waals surface area (Å²) in [6, 6.07) is 0. The van der Waals surface area contributed by atoms with Gasteiger partial charge in [-0.05, 0) is 6.92 Å². The van der Waals surface area contributed by atoms with Gasteiger partial charge in [0.15, 0.2) is 0 Å². The van der Waals surface area contributed by atoms with Crippen LogP contribution in [-0.4, -0.2) is 15.9 Å². The molecule has 1 atom stereocenters. The molecule has 0 aliphatic rings. The Balaban J connectivity index is 3.26. The quantitative estimate of drug-likeness (QED) is 0.449. The van der Waals surface area contributed by atoms with E-state index in [9.17, 15) is 4.79 Å². The van der Waals surface area contributed by atoms with E-state index in [0.29, 0.717) is 0 Å². The van der Waals surface area contributed by atoms with Gasteiger partial charge in [-0.15, -0.1) is 0 Å². The average molecular weight is 154 g/mol. The lowest BCUT2D eigenvalue weighted by molar-refractivity contribution is -0.135. The highest BCUT2D eigenvalue weighted by Crippen LogP contribution is 1.93. The fourth-order valence-corrected chi connectivity index (χ4v) is 0. The van der Waals surface area contributed by atoms with Gasteiger partial charge in [0, 0.05) is 0 Å². The van der Waals surface area contributed by atoms with E-state index in [2.05, 4.69) is 15.9 Å². The zero-order valence-corrected chi connectivity index (χ0v) is 4.90. The second kappa shape index (κ2) is 2.18. The molecule has 0 fully saturated rings. The summed E-state index contributed by atoms with van der Waals surface area (Å²) in [5.74, 6) is -0.824. The predicted molar refractivity (Wildman–Crippen MR) is 26.0 cm³/mol. The molecule has 0 rings (SSSR count). The Morgan fingerprint density at radius 1 is 2.00 bits per heavy atom. The molecule has 2 nitrogen and oxygen atoms in total. The van der Waals surface area contributed by atoms with Crippen LogP contribution >= 0.6 is 15.9 Å². The van der Waals surface area contributed by atoms with Crippen molar-refractivity contribution in [2.45, 2.75) is 11.8 Å². The third kappa shape index (κ3) is 2.20. The first-order chi connectivity index (χ1) is 2.64. The molecule has 0 spiro atoms. The lowest BCUT2D eigenvalue weighted by atomic mass is 10.7. The van der Waals surface area contributed by atoms with E-state index in [1.165, 1.54) is 0 Å². The summed E-state index contributed by atoms with van der Waals surface area (Å²) < 4.78 is 0. The monoisotopic (exact) mass is 153 g/mol. The molecule has 0 aromatic heterocycles. The second-order valence-corrected chi connectivity index (χ2v) is 2.33. The van der Waals surface area contributed by atoms with E-state index in [1.54, 1.807) is 6.92 Å². The van der Waals surface area contributed by atoms with E-state index in [1.807, 2.05) is 0 Å². The molecule has 0 bridgehead atoms. The van der Waals surface area contributed by atoms with Gasteiger partial charge in [-0.3, -0.25) is 4.79 Å². The first kappa shape index (κ1) is 5.95. The Morgan fingerprint density at radius 3 is 2.17 bits per heavy atom. The van der Waals surface area contributed by atoms with Crippen molar-refractivity contribution >= 4 is 21.9 Å². The molecule has 0 unspecified atom stereocenters. The first-order valence-corrected chi connectivity index (χ1v) is 2.43. The summed E-state index contributed by atoms with van der Waals surface area (Å²) >= 11 is 2.84. The largest absolute Gasteiger partial charge is 0.480 e. The molecule has 0 saturated carbocycles. The molecule has 36 valence electrons. The van der Waals surface area contributed by atoms with Gasteiger partial charge in [-0.1, -0.05) is 15.9 Å². The van der Waals surface area contributed by atoms with Gasteiger partial charge < -0.3 is 5.11 Å². The zero-order chi connectivity index (χ0) is 5.15. The summed E-state index contributed by atoms with van der Waals surface area (Å²) in [6.45, 7) is 1.56. The van der Waals surface area contributed by atoms with E-state index in [0.717, 1.165) is 0 Å². The highest BCUT2D eigenvalue weighted by atomic mass is 79.9. The fraction of sp³-hybridized carbons (Fsp3) is 0.667. The molecule has 0 aliphatic heterocycles. The molecule has 6 heavy (non-hydrogen) atoms. The van der Waals surface area contributed by atoms with Crippen LogP contribution in [0.4, 0.5) is 0 Å². The standard InChI is InChI=1S/C3H5BrO2/c1-2(4)3(5)6/h2H,1H3,(H,5,6)/t2-/m1/s1/i3+1. The lowest BCUT2D eigenvalue weighted by Crippen LogP contribution is -2.06. The number of alkyl halides is 1. The predicted octanol–water partition coefficient (Wildman–Crippen LogP) is 0.854. The van der Waals surface area contributed by atoms with Gasteiger partial charge in [-0.25, -0.2) is 0 Å². The van der Waals surface area contributed by atoms with Crippen LogP contribution in [0.1, 0.15) is 6.92 Å². The number of carboxylic acids is 1. The van der Waals surface area contributed by atoms with Crippen LogP contribution in [-0.2, 0) is 4.79 Å². The number of carbonyl (C=O) groups is 1. The minimum absolute atomic E-state index is 0.419. The number of hydrogen-bond donors (Lipinski definition) is 1. The van der Waals surface area contributed by atoms with Gasteiger partial charge in [0.1, 0.15) is 4.83 Å². The molecule has 0 amide bonds. The number of hydrogen-bond acceptors (Lipinski definition) is 1. The van der Waals surface area contributed by atoms with Crippen LogP contribution in [0.15, 0.2) is 0 Å². The summed E-state index contributed by atoms with van der Waals surface area (Å²) in [5.41, 5.74) is 0. The zero-order valence-electron chi connectivity index (χ0n) is 3.31. The van der Waals surface area contributed by atoms with Crippen molar-refractivity contribution < 1.29 is 9.90 Å². The van der Waals surface area contributed by atoms with Crippen molar-refractivity contribution in [1.29, 1.82) is 0 Å². The summed E-state index contributed by atoms with van der Waals surface area (Å²) in [4.78, 5) is 9.23. The van der Waals surface area contributed by atoms with Gasteiger partial charge >= 0.3 is 5.97 Å². The molecule has 0 aromatic rings. The summed E-state index contributed by atoms with van der Waals surface area (Å²) in [6.07, 6.45) is 0. The normalized spacial score (nSPS) is 13.7. The molecule has 1 N–H and O–H groups in total. The van der Waals surface area contributed by atoms with Crippen molar-refractivity contribution in [3.8, 4) is 0 Å². The highest BCUT2D eigenvalue weighted by molar-refractivity contribution is 9.10. The van der Waals surface area contributed by atoms with E-state index in [4.69, 9.17) is 5.11 Å². The number of halogens is 1. The van der Waals surface area contributed by atoms with Crippen LogP contribution in [0.25, 0.3) is 0 Å². The van der Waals surface area contributed by atoms with Crippen LogP contribution in [0.5, 0.6) is 0 Å². The smallest absolute Gasteiger partial charge is 0.316 e.